The standard InChI is InChI=1S/C25H18F5N5O2/c1-24(26,27)15-5-8-18(19(9-15)25(28,29)30)20-10-17(37-34-20)12-35-13-22-21(11-31-35)32-23(33-22)14-3-6-16(36-2)7-4-14/h3-11,13H,12H2,1-2H3/p+1. The lowest BCUT2D eigenvalue weighted by Gasteiger charge is -2.16. The number of methoxy groups -OCH3 is 1. The highest BCUT2D eigenvalue weighted by molar-refractivity contribution is 5.77. The van der Waals surface area contributed by atoms with E-state index in [1.54, 1.807) is 19.5 Å². The van der Waals surface area contributed by atoms with Crippen LogP contribution in [0.25, 0.3) is 33.7 Å². The predicted octanol–water partition coefficient (Wildman–Crippen LogP) is 5.75. The van der Waals surface area contributed by atoms with Crippen molar-refractivity contribution in [2.45, 2.75) is 25.6 Å². The molecule has 0 spiro atoms. The summed E-state index contributed by atoms with van der Waals surface area (Å²) in [6.45, 7) is 0.601. The molecule has 0 unspecified atom stereocenters. The molecule has 0 radical (unpaired) electrons. The van der Waals surface area contributed by atoms with E-state index >= 15 is 0 Å². The molecule has 0 bridgehead atoms. The highest BCUT2D eigenvalue weighted by Crippen LogP contribution is 2.40. The summed E-state index contributed by atoms with van der Waals surface area (Å²) in [6, 6.07) is 11.0. The van der Waals surface area contributed by atoms with E-state index in [1.807, 2.05) is 24.3 Å². The van der Waals surface area contributed by atoms with Crippen LogP contribution in [0.5, 0.6) is 5.75 Å². The first-order valence-electron chi connectivity index (χ1n) is 11.0. The maximum absolute atomic E-state index is 13.6. The van der Waals surface area contributed by atoms with E-state index in [2.05, 4.69) is 20.2 Å². The zero-order chi connectivity index (χ0) is 26.4. The Hall–Kier alpha value is -4.35. The molecule has 0 aliphatic heterocycles. The van der Waals surface area contributed by atoms with E-state index in [-0.39, 0.29) is 23.6 Å². The number of alkyl halides is 5. The third-order valence-electron chi connectivity index (χ3n) is 5.72. The number of H-pyrrole nitrogens is 1. The van der Waals surface area contributed by atoms with Gasteiger partial charge in [-0.2, -0.15) is 13.2 Å². The number of nitrogens with one attached hydrogen (secondary N) is 1. The molecular formula is C25H19F5N5O2+. The molecule has 3 aromatic heterocycles. The maximum Gasteiger partial charge on any atom is 0.417 e. The van der Waals surface area contributed by atoms with Crippen molar-refractivity contribution in [3.8, 4) is 28.4 Å². The summed E-state index contributed by atoms with van der Waals surface area (Å²) in [5.41, 5.74) is -0.314. The van der Waals surface area contributed by atoms with Crippen LogP contribution in [-0.2, 0) is 18.6 Å². The van der Waals surface area contributed by atoms with Gasteiger partial charge in [0.2, 0.25) is 18.5 Å². The average Bonchev–Trinajstić information content (AvgIpc) is 3.49. The molecular weight excluding hydrogens is 497 g/mol. The van der Waals surface area contributed by atoms with Gasteiger partial charge < -0.3 is 14.2 Å². The minimum Gasteiger partial charge on any atom is -0.497 e. The molecule has 37 heavy (non-hydrogen) atoms. The summed E-state index contributed by atoms with van der Waals surface area (Å²) in [4.78, 5) is 7.72. The Morgan fingerprint density at radius 1 is 1.03 bits per heavy atom. The summed E-state index contributed by atoms with van der Waals surface area (Å²) in [5, 5.41) is 8.01. The fraction of sp³-hybridized carbons (Fsp3) is 0.200. The van der Waals surface area contributed by atoms with Gasteiger partial charge in [0.25, 0.3) is 5.92 Å². The molecule has 0 amide bonds. The number of aromatic nitrogens is 5. The van der Waals surface area contributed by atoms with Crippen LogP contribution in [0.3, 0.4) is 0 Å². The van der Waals surface area contributed by atoms with E-state index in [0.29, 0.717) is 35.6 Å². The maximum atomic E-state index is 13.6. The second-order valence-corrected chi connectivity index (χ2v) is 8.41. The number of rotatable bonds is 6. The Kier molecular flexibility index (Phi) is 5.89. The van der Waals surface area contributed by atoms with Gasteiger partial charge in [0.15, 0.2) is 0 Å². The largest absolute Gasteiger partial charge is 0.497 e. The zero-order valence-electron chi connectivity index (χ0n) is 19.5. The Morgan fingerprint density at radius 2 is 1.78 bits per heavy atom. The molecule has 0 saturated heterocycles. The summed E-state index contributed by atoms with van der Waals surface area (Å²) < 4.78 is 80.0. The van der Waals surface area contributed by atoms with Crippen molar-refractivity contribution in [1.29, 1.82) is 0 Å². The topological polar surface area (TPSA) is 80.7 Å². The van der Waals surface area contributed by atoms with Gasteiger partial charge in [0, 0.05) is 29.7 Å². The van der Waals surface area contributed by atoms with Gasteiger partial charge in [-0.05, 0) is 35.4 Å². The van der Waals surface area contributed by atoms with Crippen LogP contribution in [0, 0.1) is 0 Å². The molecule has 190 valence electrons. The summed E-state index contributed by atoms with van der Waals surface area (Å²) in [5.74, 6) is -1.86. The van der Waals surface area contributed by atoms with E-state index < -0.39 is 23.2 Å². The lowest BCUT2D eigenvalue weighted by molar-refractivity contribution is -0.746. The Bertz CT molecular complexity index is 1570. The van der Waals surface area contributed by atoms with Crippen molar-refractivity contribution in [2.75, 3.05) is 7.11 Å². The number of imidazole rings is 1. The highest BCUT2D eigenvalue weighted by atomic mass is 19.4. The van der Waals surface area contributed by atoms with Crippen LogP contribution in [0.1, 0.15) is 23.8 Å². The van der Waals surface area contributed by atoms with Crippen molar-refractivity contribution in [2.24, 2.45) is 0 Å². The number of fused-ring (bicyclic) bond motifs is 1. The van der Waals surface area contributed by atoms with Crippen LogP contribution in [0.15, 0.2) is 65.4 Å². The van der Waals surface area contributed by atoms with Gasteiger partial charge in [-0.15, -0.1) is 0 Å². The Labute approximate surface area is 206 Å². The monoisotopic (exact) mass is 516 g/mol. The van der Waals surface area contributed by atoms with Crippen molar-refractivity contribution < 1.29 is 35.9 Å². The molecule has 12 heteroatoms. The smallest absolute Gasteiger partial charge is 0.417 e. The molecule has 0 aliphatic carbocycles. The number of nitrogens with zero attached hydrogens (tertiary/aromatic N) is 4. The lowest BCUT2D eigenvalue weighted by Crippen LogP contribution is -2.37. The Morgan fingerprint density at radius 3 is 2.46 bits per heavy atom. The van der Waals surface area contributed by atoms with E-state index in [1.165, 1.54) is 10.7 Å². The number of ether oxygens (including phenoxy) is 1. The molecule has 1 N–H and O–H groups in total. The van der Waals surface area contributed by atoms with Crippen molar-refractivity contribution >= 4 is 11.0 Å². The minimum atomic E-state index is -4.86. The fourth-order valence-electron chi connectivity index (χ4n) is 3.83. The molecule has 2 aromatic carbocycles. The molecule has 0 saturated carbocycles. The van der Waals surface area contributed by atoms with Gasteiger partial charge in [-0.1, -0.05) is 22.0 Å². The number of aromatic amines is 1. The minimum absolute atomic E-state index is 0.0618. The molecule has 5 rings (SSSR count). The first-order valence-corrected chi connectivity index (χ1v) is 11.0. The fourth-order valence-corrected chi connectivity index (χ4v) is 3.83. The average molecular weight is 516 g/mol. The SMILES string of the molecule is COc1ccc(-c2nc3cn[n+](Cc4cc(-c5ccc(C(C)(F)F)cc5C(F)(F)F)no4)cc3[nH]2)cc1. The van der Waals surface area contributed by atoms with E-state index in [4.69, 9.17) is 9.26 Å². The molecule has 0 fully saturated rings. The number of hydrogen-bond acceptors (Lipinski definition) is 5. The summed E-state index contributed by atoms with van der Waals surface area (Å²) in [7, 11) is 1.58. The summed E-state index contributed by atoms with van der Waals surface area (Å²) >= 11 is 0. The van der Waals surface area contributed by atoms with Gasteiger partial charge in [-0.3, -0.25) is 0 Å². The second-order valence-electron chi connectivity index (χ2n) is 8.41. The van der Waals surface area contributed by atoms with Gasteiger partial charge in [0.05, 0.1) is 12.7 Å². The number of halogens is 5. The van der Waals surface area contributed by atoms with Gasteiger partial charge in [-0.25, -0.2) is 13.8 Å². The first-order chi connectivity index (χ1) is 17.5. The highest BCUT2D eigenvalue weighted by Gasteiger charge is 2.37. The first kappa shape index (κ1) is 24.3. The second kappa shape index (κ2) is 8.95. The van der Waals surface area contributed by atoms with Crippen molar-refractivity contribution in [3.05, 3.63) is 77.8 Å². The van der Waals surface area contributed by atoms with E-state index in [0.717, 1.165) is 17.7 Å². The molecule has 3 heterocycles. The zero-order valence-corrected chi connectivity index (χ0v) is 19.5. The molecule has 5 aromatic rings. The van der Waals surface area contributed by atoms with Crippen LogP contribution >= 0.6 is 0 Å². The Balaban J connectivity index is 1.41. The summed E-state index contributed by atoms with van der Waals surface area (Å²) in [6.07, 6.45) is -1.64. The molecule has 0 aliphatic rings. The van der Waals surface area contributed by atoms with E-state index in [9.17, 15) is 22.0 Å². The lowest BCUT2D eigenvalue weighted by atomic mass is 9.98. The van der Waals surface area contributed by atoms with Crippen LogP contribution in [-0.4, -0.2) is 27.3 Å². The number of benzene rings is 2. The third kappa shape index (κ3) is 4.99. The van der Waals surface area contributed by atoms with Gasteiger partial charge >= 0.3 is 6.18 Å². The molecule has 0 atom stereocenters. The van der Waals surface area contributed by atoms with Crippen molar-refractivity contribution in [1.82, 2.24) is 20.2 Å². The predicted molar refractivity (Wildman–Crippen MR) is 122 cm³/mol. The van der Waals surface area contributed by atoms with Crippen molar-refractivity contribution in [3.63, 3.8) is 0 Å². The van der Waals surface area contributed by atoms with Crippen LogP contribution in [0.4, 0.5) is 22.0 Å². The quantitative estimate of drug-likeness (QED) is 0.230. The van der Waals surface area contributed by atoms with Crippen LogP contribution in [0.2, 0.25) is 0 Å². The van der Waals surface area contributed by atoms with Gasteiger partial charge in [0.1, 0.15) is 34.5 Å². The van der Waals surface area contributed by atoms with Crippen LogP contribution < -0.4 is 9.42 Å². The number of hydrogen-bond donors (Lipinski definition) is 1. The molecule has 7 nitrogen and oxygen atoms in total. The normalized spacial score (nSPS) is 12.3. The third-order valence-corrected chi connectivity index (χ3v) is 5.72.